The van der Waals surface area contributed by atoms with Crippen molar-refractivity contribution in [2.75, 3.05) is 19.7 Å². The monoisotopic (exact) mass is 464 g/mol. The summed E-state index contributed by atoms with van der Waals surface area (Å²) in [4.78, 5) is 38.8. The van der Waals surface area contributed by atoms with Crippen molar-refractivity contribution in [3.8, 4) is 11.1 Å². The summed E-state index contributed by atoms with van der Waals surface area (Å²) >= 11 is 0. The van der Waals surface area contributed by atoms with Crippen LogP contribution in [0.4, 0.5) is 4.79 Å². The number of hydrogen-bond donors (Lipinski definition) is 2. The summed E-state index contributed by atoms with van der Waals surface area (Å²) in [6.45, 7) is 4.95. The first-order chi connectivity index (χ1) is 16.3. The molecule has 0 unspecified atom stereocenters. The second-order valence-electron chi connectivity index (χ2n) is 9.59. The van der Waals surface area contributed by atoms with Crippen molar-refractivity contribution in [3.63, 3.8) is 0 Å². The van der Waals surface area contributed by atoms with Crippen LogP contribution in [0.5, 0.6) is 0 Å². The van der Waals surface area contributed by atoms with Gasteiger partial charge in [-0.3, -0.25) is 9.59 Å². The molecule has 1 aliphatic heterocycles. The molecular formula is C27H32N2O5. The van der Waals surface area contributed by atoms with E-state index in [1.54, 1.807) is 4.90 Å². The van der Waals surface area contributed by atoms with Crippen molar-refractivity contribution in [2.24, 2.45) is 11.8 Å². The highest BCUT2D eigenvalue weighted by Gasteiger charge is 2.33. The number of alkyl carbamates (subject to hydrolysis) is 1. The third-order valence-electron chi connectivity index (χ3n) is 6.80. The number of piperidine rings is 1. The lowest BCUT2D eigenvalue weighted by Gasteiger charge is -2.33. The zero-order valence-corrected chi connectivity index (χ0v) is 19.7. The van der Waals surface area contributed by atoms with Crippen molar-refractivity contribution in [1.29, 1.82) is 0 Å². The lowest BCUT2D eigenvalue weighted by atomic mass is 9.95. The lowest BCUT2D eigenvalue weighted by Crippen LogP contribution is -2.51. The van der Waals surface area contributed by atoms with E-state index in [0.717, 1.165) is 22.3 Å². The van der Waals surface area contributed by atoms with Gasteiger partial charge in [-0.25, -0.2) is 4.79 Å². The lowest BCUT2D eigenvalue weighted by molar-refractivity contribution is -0.146. The first kappa shape index (κ1) is 23.8. The smallest absolute Gasteiger partial charge is 0.407 e. The normalized spacial score (nSPS) is 16.6. The van der Waals surface area contributed by atoms with Gasteiger partial charge in [0.2, 0.25) is 5.91 Å². The minimum atomic E-state index is -0.817. The molecule has 180 valence electrons. The largest absolute Gasteiger partial charge is 0.481 e. The number of likely N-dealkylation sites (tertiary alicyclic amines) is 1. The molecule has 1 saturated heterocycles. The third kappa shape index (κ3) is 5.08. The van der Waals surface area contributed by atoms with E-state index >= 15 is 0 Å². The zero-order valence-electron chi connectivity index (χ0n) is 19.7. The molecule has 7 heteroatoms. The fourth-order valence-electron chi connectivity index (χ4n) is 5.04. The Morgan fingerprint density at radius 1 is 1.00 bits per heavy atom. The fraction of sp³-hybridized carbons (Fsp3) is 0.444. The second kappa shape index (κ2) is 10.3. The molecule has 2 amide bonds. The minimum absolute atomic E-state index is 0.0487. The molecule has 2 N–H and O–H groups in total. The van der Waals surface area contributed by atoms with Gasteiger partial charge in [0.25, 0.3) is 0 Å². The number of nitrogens with zero attached hydrogens (tertiary/aromatic N) is 1. The molecule has 34 heavy (non-hydrogen) atoms. The summed E-state index contributed by atoms with van der Waals surface area (Å²) in [5, 5.41) is 12.0. The molecule has 0 spiro atoms. The Balaban J connectivity index is 1.39. The van der Waals surface area contributed by atoms with Gasteiger partial charge in [0.05, 0.1) is 5.92 Å². The number of aliphatic carboxylic acids is 1. The Hall–Kier alpha value is -3.35. The number of rotatable bonds is 7. The van der Waals surface area contributed by atoms with Crippen LogP contribution in [0.1, 0.15) is 50.2 Å². The molecule has 2 aromatic carbocycles. The molecule has 0 aromatic heterocycles. The molecule has 2 aliphatic rings. The maximum atomic E-state index is 13.1. The third-order valence-corrected chi connectivity index (χ3v) is 6.80. The summed E-state index contributed by atoms with van der Waals surface area (Å²) in [7, 11) is 0. The van der Waals surface area contributed by atoms with Gasteiger partial charge in [0.15, 0.2) is 0 Å². The van der Waals surface area contributed by atoms with Gasteiger partial charge < -0.3 is 20.1 Å². The van der Waals surface area contributed by atoms with E-state index in [2.05, 4.69) is 29.6 Å². The van der Waals surface area contributed by atoms with E-state index in [0.29, 0.717) is 32.4 Å². The molecule has 1 fully saturated rings. The van der Waals surface area contributed by atoms with Gasteiger partial charge in [0, 0.05) is 19.0 Å². The number of ether oxygens (including phenoxy) is 1. The van der Waals surface area contributed by atoms with Crippen molar-refractivity contribution < 1.29 is 24.2 Å². The summed E-state index contributed by atoms with van der Waals surface area (Å²) in [6.07, 6.45) is 0.740. The van der Waals surface area contributed by atoms with Gasteiger partial charge in [-0.2, -0.15) is 0 Å². The van der Waals surface area contributed by atoms with Crippen LogP contribution in [-0.2, 0) is 14.3 Å². The molecule has 0 bridgehead atoms. The first-order valence-corrected chi connectivity index (χ1v) is 12.0. The topological polar surface area (TPSA) is 95.9 Å². The van der Waals surface area contributed by atoms with Crippen molar-refractivity contribution in [3.05, 3.63) is 59.7 Å². The van der Waals surface area contributed by atoms with Gasteiger partial charge in [0.1, 0.15) is 12.6 Å². The maximum Gasteiger partial charge on any atom is 0.407 e. The Morgan fingerprint density at radius 3 is 2.09 bits per heavy atom. The minimum Gasteiger partial charge on any atom is -0.481 e. The van der Waals surface area contributed by atoms with Gasteiger partial charge in [-0.15, -0.1) is 0 Å². The van der Waals surface area contributed by atoms with E-state index in [9.17, 15) is 19.5 Å². The van der Waals surface area contributed by atoms with E-state index in [1.807, 2.05) is 38.1 Å². The number of fused-ring (bicyclic) bond motifs is 3. The van der Waals surface area contributed by atoms with E-state index in [-0.39, 0.29) is 24.3 Å². The van der Waals surface area contributed by atoms with Crippen LogP contribution in [0.2, 0.25) is 0 Å². The number of carbonyl (C=O) groups excluding carboxylic acids is 2. The summed E-state index contributed by atoms with van der Waals surface area (Å²) in [5.41, 5.74) is 4.58. The molecule has 0 radical (unpaired) electrons. The van der Waals surface area contributed by atoms with E-state index in [1.165, 1.54) is 0 Å². The molecule has 2 aromatic rings. The van der Waals surface area contributed by atoms with Crippen molar-refractivity contribution in [1.82, 2.24) is 10.2 Å². The van der Waals surface area contributed by atoms with Crippen LogP contribution in [0.25, 0.3) is 11.1 Å². The molecule has 0 saturated carbocycles. The van der Waals surface area contributed by atoms with Crippen LogP contribution in [0.3, 0.4) is 0 Å². The van der Waals surface area contributed by atoms with Crippen LogP contribution in [0, 0.1) is 11.8 Å². The Bertz CT molecular complexity index is 1010. The molecular weight excluding hydrogens is 432 g/mol. The van der Waals surface area contributed by atoms with Gasteiger partial charge >= 0.3 is 12.1 Å². The molecule has 7 nitrogen and oxygen atoms in total. The van der Waals surface area contributed by atoms with Crippen molar-refractivity contribution >= 4 is 18.0 Å². The fourth-order valence-corrected chi connectivity index (χ4v) is 5.04. The average molecular weight is 465 g/mol. The van der Waals surface area contributed by atoms with Crippen molar-refractivity contribution in [2.45, 2.75) is 45.1 Å². The van der Waals surface area contributed by atoms with Crippen LogP contribution in [0.15, 0.2) is 48.5 Å². The Morgan fingerprint density at radius 2 is 1.56 bits per heavy atom. The number of carbonyl (C=O) groups is 3. The van der Waals surface area contributed by atoms with Crippen LogP contribution >= 0.6 is 0 Å². The first-order valence-electron chi connectivity index (χ1n) is 12.0. The number of carboxylic acids is 1. The predicted molar refractivity (Wildman–Crippen MR) is 128 cm³/mol. The second-order valence-corrected chi connectivity index (χ2v) is 9.59. The SMILES string of the molecule is CC(C)C[C@@H](NC(=O)OCC1c2ccccc2-c2ccccc21)C(=O)N1CCC(C(=O)O)CC1. The van der Waals surface area contributed by atoms with Gasteiger partial charge in [-0.1, -0.05) is 62.4 Å². The molecule has 4 rings (SSSR count). The summed E-state index contributed by atoms with van der Waals surface area (Å²) < 4.78 is 5.64. The number of hydrogen-bond acceptors (Lipinski definition) is 4. The van der Waals surface area contributed by atoms with E-state index in [4.69, 9.17) is 4.74 Å². The van der Waals surface area contributed by atoms with Gasteiger partial charge in [-0.05, 0) is 47.4 Å². The highest BCUT2D eigenvalue weighted by atomic mass is 16.5. The Kier molecular flexibility index (Phi) is 7.20. The number of amides is 2. The average Bonchev–Trinajstić information content (AvgIpc) is 3.15. The highest BCUT2D eigenvalue weighted by Crippen LogP contribution is 2.44. The quantitative estimate of drug-likeness (QED) is 0.638. The highest BCUT2D eigenvalue weighted by molar-refractivity contribution is 5.86. The zero-order chi connectivity index (χ0) is 24.2. The standard InChI is InChI=1S/C27H32N2O5/c1-17(2)15-24(25(30)29-13-11-18(12-14-29)26(31)32)28-27(33)34-16-23-21-9-5-3-7-19(21)20-8-4-6-10-22(20)23/h3-10,17-18,23-24H,11-16H2,1-2H3,(H,28,33)(H,31,32)/t24-/m1/s1. The van der Waals surface area contributed by atoms with Crippen LogP contribution < -0.4 is 5.32 Å². The Labute approximate surface area is 200 Å². The molecule has 1 atom stereocenters. The number of benzene rings is 2. The molecule has 1 aliphatic carbocycles. The maximum absolute atomic E-state index is 13.1. The number of carboxylic acid groups (broad SMARTS) is 1. The predicted octanol–water partition coefficient (Wildman–Crippen LogP) is 4.26. The van der Waals surface area contributed by atoms with Crippen LogP contribution in [-0.4, -0.2) is 53.7 Å². The van der Waals surface area contributed by atoms with E-state index < -0.39 is 24.0 Å². The summed E-state index contributed by atoms with van der Waals surface area (Å²) in [6, 6.07) is 15.6. The summed E-state index contributed by atoms with van der Waals surface area (Å²) in [5.74, 6) is -1.26. The number of nitrogens with one attached hydrogen (secondary N) is 1. The molecule has 1 heterocycles.